The molecule has 3 unspecified atom stereocenters. The fraction of sp³-hybridized carbons (Fsp3) is 0.417. The normalized spacial score (nSPS) is 26.7. The number of aliphatic carboxylic acids is 1. The van der Waals surface area contributed by atoms with Crippen molar-refractivity contribution in [2.24, 2.45) is 0 Å². The third-order valence-corrected chi connectivity index (χ3v) is 3.23. The van der Waals surface area contributed by atoms with Gasteiger partial charge in [0.05, 0.1) is 6.61 Å². The predicted octanol–water partition coefficient (Wildman–Crippen LogP) is -1.19. The lowest BCUT2D eigenvalue weighted by Crippen LogP contribution is -2.42. The summed E-state index contributed by atoms with van der Waals surface area (Å²) in [5.41, 5.74) is 4.16. The number of nitrogen functional groups attached to an aromatic ring is 1. The Labute approximate surface area is 127 Å². The minimum absolute atomic E-state index is 0.103. The zero-order chi connectivity index (χ0) is 17.4. The summed E-state index contributed by atoms with van der Waals surface area (Å²) < 4.78 is 33.3. The molecule has 1 aromatic rings. The smallest absolute Gasteiger partial charge is 0.351 e. The molecule has 9 nitrogen and oxygen atoms in total. The molecule has 2 heterocycles. The Morgan fingerprint density at radius 2 is 2.22 bits per heavy atom. The fourth-order valence-corrected chi connectivity index (χ4v) is 2.07. The van der Waals surface area contributed by atoms with Crippen molar-refractivity contribution in [3.8, 4) is 0 Å². The zero-order valence-electron chi connectivity index (χ0n) is 11.5. The van der Waals surface area contributed by atoms with Crippen LogP contribution < -0.4 is 11.4 Å². The SMILES string of the molecule is Nc1nc(=O)n(C2OC(CO)C(O)C2(F)F)cc1C=CC(=O)O. The van der Waals surface area contributed by atoms with Crippen molar-refractivity contribution in [3.63, 3.8) is 0 Å². The summed E-state index contributed by atoms with van der Waals surface area (Å²) in [4.78, 5) is 25.6. The monoisotopic (exact) mass is 333 g/mol. The predicted molar refractivity (Wildman–Crippen MR) is 71.5 cm³/mol. The van der Waals surface area contributed by atoms with E-state index < -0.39 is 42.6 Å². The van der Waals surface area contributed by atoms with Crippen molar-refractivity contribution in [3.05, 3.63) is 28.3 Å². The molecular formula is C12H13F2N3O6. The number of hydrogen-bond acceptors (Lipinski definition) is 7. The number of halogens is 2. The molecule has 0 aromatic carbocycles. The summed E-state index contributed by atoms with van der Waals surface area (Å²) in [6.45, 7) is -0.879. The number of carboxylic acid groups (broad SMARTS) is 1. The van der Waals surface area contributed by atoms with E-state index in [1.54, 1.807) is 0 Å². The number of aliphatic hydroxyl groups excluding tert-OH is 2. The molecule has 1 aromatic heterocycles. The Morgan fingerprint density at radius 1 is 1.57 bits per heavy atom. The van der Waals surface area contributed by atoms with Crippen LogP contribution in [0.3, 0.4) is 0 Å². The van der Waals surface area contributed by atoms with E-state index in [0.29, 0.717) is 10.6 Å². The molecule has 23 heavy (non-hydrogen) atoms. The molecule has 0 amide bonds. The maximum atomic E-state index is 14.0. The maximum absolute atomic E-state index is 14.0. The van der Waals surface area contributed by atoms with Crippen LogP contribution in [0.2, 0.25) is 0 Å². The topological polar surface area (TPSA) is 148 Å². The first-order chi connectivity index (χ1) is 10.7. The molecule has 1 aliphatic heterocycles. The van der Waals surface area contributed by atoms with Crippen LogP contribution in [-0.2, 0) is 9.53 Å². The van der Waals surface area contributed by atoms with Gasteiger partial charge in [-0.1, -0.05) is 0 Å². The molecular weight excluding hydrogens is 320 g/mol. The van der Waals surface area contributed by atoms with Gasteiger partial charge in [-0.3, -0.25) is 4.57 Å². The summed E-state index contributed by atoms with van der Waals surface area (Å²) in [5, 5.41) is 26.9. The van der Waals surface area contributed by atoms with Crippen molar-refractivity contribution in [1.29, 1.82) is 0 Å². The molecule has 0 spiro atoms. The van der Waals surface area contributed by atoms with Crippen LogP contribution >= 0.6 is 0 Å². The number of anilines is 1. The van der Waals surface area contributed by atoms with E-state index in [9.17, 15) is 23.5 Å². The lowest BCUT2D eigenvalue weighted by molar-refractivity contribution is -0.141. The quantitative estimate of drug-likeness (QED) is 0.503. The Bertz CT molecular complexity index is 705. The molecule has 0 saturated carbocycles. The molecule has 1 fully saturated rings. The number of aromatic nitrogens is 2. The molecule has 5 N–H and O–H groups in total. The minimum Gasteiger partial charge on any atom is -0.478 e. The highest BCUT2D eigenvalue weighted by Crippen LogP contribution is 2.42. The maximum Gasteiger partial charge on any atom is 0.351 e. The van der Waals surface area contributed by atoms with Crippen molar-refractivity contribution in [1.82, 2.24) is 9.55 Å². The van der Waals surface area contributed by atoms with Gasteiger partial charge in [-0.15, -0.1) is 0 Å². The van der Waals surface area contributed by atoms with Crippen molar-refractivity contribution < 1.29 is 33.6 Å². The van der Waals surface area contributed by atoms with Crippen LogP contribution in [0.5, 0.6) is 0 Å². The standard InChI is InChI=1S/C12H13F2N3O6/c13-12(14)8(21)6(4-18)23-10(12)17-3-5(1-2-7(19)20)9(15)16-11(17)22/h1-3,6,8,10,18,21H,4H2,(H,19,20)(H2,15,16,22). The zero-order valence-corrected chi connectivity index (χ0v) is 11.5. The summed E-state index contributed by atoms with van der Waals surface area (Å²) in [6, 6.07) is 0. The van der Waals surface area contributed by atoms with Gasteiger partial charge in [-0.05, 0) is 6.08 Å². The van der Waals surface area contributed by atoms with Gasteiger partial charge in [-0.25, -0.2) is 9.59 Å². The molecule has 0 bridgehead atoms. The third kappa shape index (κ3) is 3.06. The molecule has 126 valence electrons. The number of nitrogens with two attached hydrogens (primary N) is 1. The van der Waals surface area contributed by atoms with Crippen molar-refractivity contribution in [2.45, 2.75) is 24.4 Å². The Balaban J connectivity index is 2.49. The van der Waals surface area contributed by atoms with E-state index in [2.05, 4.69) is 4.98 Å². The van der Waals surface area contributed by atoms with Gasteiger partial charge in [0.2, 0.25) is 6.23 Å². The van der Waals surface area contributed by atoms with Gasteiger partial charge in [0.15, 0.2) is 6.10 Å². The third-order valence-electron chi connectivity index (χ3n) is 3.23. The molecule has 1 saturated heterocycles. The molecule has 2 rings (SSSR count). The molecule has 1 aliphatic rings. The van der Waals surface area contributed by atoms with E-state index in [1.165, 1.54) is 0 Å². The Morgan fingerprint density at radius 3 is 2.74 bits per heavy atom. The highest BCUT2D eigenvalue weighted by molar-refractivity contribution is 5.86. The fourth-order valence-electron chi connectivity index (χ4n) is 2.07. The van der Waals surface area contributed by atoms with Crippen LogP contribution in [0.1, 0.15) is 11.8 Å². The van der Waals surface area contributed by atoms with E-state index in [4.69, 9.17) is 20.7 Å². The second-order valence-electron chi connectivity index (χ2n) is 4.77. The van der Waals surface area contributed by atoms with Gasteiger partial charge >= 0.3 is 17.6 Å². The lowest BCUT2D eigenvalue weighted by Gasteiger charge is -2.21. The van der Waals surface area contributed by atoms with Crippen LogP contribution in [0.15, 0.2) is 17.1 Å². The first kappa shape index (κ1) is 17.0. The lowest BCUT2D eigenvalue weighted by atomic mass is 10.1. The first-order valence-corrected chi connectivity index (χ1v) is 6.30. The molecule has 11 heteroatoms. The van der Waals surface area contributed by atoms with Crippen LogP contribution in [0.4, 0.5) is 14.6 Å². The number of aliphatic hydroxyl groups is 2. The van der Waals surface area contributed by atoms with Crippen LogP contribution in [0, 0.1) is 0 Å². The number of ether oxygens (including phenoxy) is 1. The highest BCUT2D eigenvalue weighted by Gasteiger charge is 2.59. The van der Waals surface area contributed by atoms with Crippen LogP contribution in [-0.4, -0.2) is 55.6 Å². The van der Waals surface area contributed by atoms with Gasteiger partial charge in [0.1, 0.15) is 11.9 Å². The molecule has 0 aliphatic carbocycles. The van der Waals surface area contributed by atoms with Crippen molar-refractivity contribution >= 4 is 17.9 Å². The van der Waals surface area contributed by atoms with E-state index in [0.717, 1.165) is 12.3 Å². The second-order valence-corrected chi connectivity index (χ2v) is 4.77. The van der Waals surface area contributed by atoms with Crippen LogP contribution in [0.25, 0.3) is 6.08 Å². The second kappa shape index (κ2) is 6.02. The number of carbonyl (C=O) groups is 1. The summed E-state index contributed by atoms with van der Waals surface area (Å²) in [7, 11) is 0. The van der Waals surface area contributed by atoms with Gasteiger partial charge in [0.25, 0.3) is 0 Å². The summed E-state index contributed by atoms with van der Waals surface area (Å²) >= 11 is 0. The number of rotatable bonds is 4. The van der Waals surface area contributed by atoms with Crippen molar-refractivity contribution in [2.75, 3.05) is 12.3 Å². The van der Waals surface area contributed by atoms with E-state index in [1.807, 2.05) is 0 Å². The first-order valence-electron chi connectivity index (χ1n) is 6.30. The summed E-state index contributed by atoms with van der Waals surface area (Å²) in [5.74, 6) is -5.55. The summed E-state index contributed by atoms with van der Waals surface area (Å²) in [6.07, 6.45) is -3.63. The number of alkyl halides is 2. The average molecular weight is 333 g/mol. The Hall–Kier alpha value is -2.37. The van der Waals surface area contributed by atoms with E-state index in [-0.39, 0.29) is 11.4 Å². The highest BCUT2D eigenvalue weighted by atomic mass is 19.3. The number of nitrogens with zero attached hydrogens (tertiary/aromatic N) is 2. The van der Waals surface area contributed by atoms with Gasteiger partial charge in [-0.2, -0.15) is 13.8 Å². The number of carboxylic acids is 1. The van der Waals surface area contributed by atoms with E-state index >= 15 is 0 Å². The molecule has 3 atom stereocenters. The largest absolute Gasteiger partial charge is 0.478 e. The molecule has 0 radical (unpaired) electrons. The van der Waals surface area contributed by atoms with Gasteiger partial charge in [0, 0.05) is 17.8 Å². The van der Waals surface area contributed by atoms with Gasteiger partial charge < -0.3 is 25.8 Å². The number of hydrogen-bond donors (Lipinski definition) is 4. The average Bonchev–Trinajstić information content (AvgIpc) is 2.69. The minimum atomic E-state index is -3.87. The Kier molecular flexibility index (Phi) is 4.45.